The molecule has 0 fully saturated rings. The van der Waals surface area contributed by atoms with Gasteiger partial charge in [0.05, 0.1) is 16.8 Å². The van der Waals surface area contributed by atoms with Gasteiger partial charge in [-0.25, -0.2) is 9.78 Å². The third-order valence-electron chi connectivity index (χ3n) is 1.75. The minimum absolute atomic E-state index is 0.398. The fourth-order valence-corrected chi connectivity index (χ4v) is 2.07. The number of carbonyl (C=O) groups is 1. The second-order valence-corrected chi connectivity index (χ2v) is 3.91. The maximum Gasteiger partial charge on any atom is 0.312 e. The van der Waals surface area contributed by atoms with Gasteiger partial charge in [-0.3, -0.25) is 0 Å². The number of nitrogens with one attached hydrogen (secondary N) is 1. The van der Waals surface area contributed by atoms with Gasteiger partial charge < -0.3 is 11.1 Å². The fourth-order valence-electron chi connectivity index (χ4n) is 1.16. The van der Waals surface area contributed by atoms with Crippen LogP contribution in [0.15, 0.2) is 24.3 Å². The summed E-state index contributed by atoms with van der Waals surface area (Å²) in [4.78, 5) is 14.8. The number of hydrogen-bond acceptors (Lipinski definition) is 3. The van der Waals surface area contributed by atoms with Crippen molar-refractivity contribution in [1.29, 1.82) is 0 Å². The molecule has 0 saturated carbocycles. The van der Waals surface area contributed by atoms with E-state index in [-0.39, 0.29) is 0 Å². The van der Waals surface area contributed by atoms with E-state index in [9.17, 15) is 4.79 Å². The lowest BCUT2D eigenvalue weighted by Gasteiger charge is -1.94. The molecule has 1 heterocycles. The first-order chi connectivity index (χ1) is 6.75. The van der Waals surface area contributed by atoms with E-state index in [1.807, 2.05) is 24.3 Å². The standard InChI is InChI=1S/C9H9N3OS/c10-9(13)11-5-8-12-6-3-1-2-4-7(6)14-8/h1-4H,5H2,(H3,10,11,13). The van der Waals surface area contributed by atoms with Gasteiger partial charge in [-0.2, -0.15) is 0 Å². The Labute approximate surface area is 84.8 Å². The molecule has 0 bridgehead atoms. The van der Waals surface area contributed by atoms with Crippen LogP contribution in [0.3, 0.4) is 0 Å². The number of primary amides is 1. The van der Waals surface area contributed by atoms with Crippen LogP contribution >= 0.6 is 11.3 Å². The Balaban J connectivity index is 2.22. The molecule has 2 aromatic rings. The number of rotatable bonds is 2. The van der Waals surface area contributed by atoms with Gasteiger partial charge in [-0.05, 0) is 12.1 Å². The zero-order valence-electron chi connectivity index (χ0n) is 7.36. The summed E-state index contributed by atoms with van der Waals surface area (Å²) < 4.78 is 1.12. The van der Waals surface area contributed by atoms with Crippen LogP contribution in [0.4, 0.5) is 4.79 Å². The van der Waals surface area contributed by atoms with Gasteiger partial charge in [-0.1, -0.05) is 12.1 Å². The first-order valence-electron chi connectivity index (χ1n) is 4.13. The highest BCUT2D eigenvalue weighted by Gasteiger charge is 2.02. The summed E-state index contributed by atoms with van der Waals surface area (Å²) >= 11 is 1.56. The number of nitrogens with two attached hydrogens (primary N) is 1. The Morgan fingerprint density at radius 2 is 2.29 bits per heavy atom. The maximum absolute atomic E-state index is 10.5. The zero-order valence-corrected chi connectivity index (χ0v) is 8.17. The lowest BCUT2D eigenvalue weighted by molar-refractivity contribution is 0.248. The average Bonchev–Trinajstić information content (AvgIpc) is 2.57. The molecule has 0 aliphatic heterocycles. The molecule has 72 valence electrons. The zero-order chi connectivity index (χ0) is 9.97. The lowest BCUT2D eigenvalue weighted by atomic mass is 10.3. The van der Waals surface area contributed by atoms with Gasteiger partial charge in [0.1, 0.15) is 5.01 Å². The van der Waals surface area contributed by atoms with Gasteiger partial charge in [0.25, 0.3) is 0 Å². The number of aromatic nitrogens is 1. The molecule has 0 aliphatic rings. The van der Waals surface area contributed by atoms with Gasteiger partial charge in [0.15, 0.2) is 0 Å². The van der Waals surface area contributed by atoms with Gasteiger partial charge >= 0.3 is 6.03 Å². The van der Waals surface area contributed by atoms with Crippen molar-refractivity contribution in [1.82, 2.24) is 10.3 Å². The fraction of sp³-hybridized carbons (Fsp3) is 0.111. The Hall–Kier alpha value is -1.62. The van der Waals surface area contributed by atoms with Crippen LogP contribution in [-0.4, -0.2) is 11.0 Å². The molecule has 1 aromatic heterocycles. The SMILES string of the molecule is NC(=O)NCc1nc2ccccc2s1. The van der Waals surface area contributed by atoms with Crippen molar-refractivity contribution in [3.8, 4) is 0 Å². The number of amides is 2. The highest BCUT2D eigenvalue weighted by Crippen LogP contribution is 2.20. The van der Waals surface area contributed by atoms with Crippen molar-refractivity contribution < 1.29 is 4.79 Å². The van der Waals surface area contributed by atoms with Gasteiger partial charge in [0, 0.05) is 0 Å². The second kappa shape index (κ2) is 3.63. The first-order valence-corrected chi connectivity index (χ1v) is 4.95. The third kappa shape index (κ3) is 1.82. The van der Waals surface area contributed by atoms with E-state index in [0.29, 0.717) is 6.54 Å². The number of nitrogens with zero attached hydrogens (tertiary/aromatic N) is 1. The number of para-hydroxylation sites is 1. The first kappa shape index (κ1) is 8.96. The molecule has 5 heteroatoms. The monoisotopic (exact) mass is 207 g/mol. The van der Waals surface area contributed by atoms with Crippen molar-refractivity contribution in [2.75, 3.05) is 0 Å². The molecule has 0 atom stereocenters. The average molecular weight is 207 g/mol. The number of carbonyl (C=O) groups excluding carboxylic acids is 1. The number of thiazole rings is 1. The van der Waals surface area contributed by atoms with E-state index in [2.05, 4.69) is 10.3 Å². The van der Waals surface area contributed by atoms with Crippen LogP contribution in [-0.2, 0) is 6.54 Å². The topological polar surface area (TPSA) is 68.0 Å². The largest absolute Gasteiger partial charge is 0.352 e. The maximum atomic E-state index is 10.5. The van der Waals surface area contributed by atoms with Crippen LogP contribution in [0.1, 0.15) is 5.01 Å². The van der Waals surface area contributed by atoms with E-state index < -0.39 is 6.03 Å². The molecule has 0 saturated heterocycles. The van der Waals surface area contributed by atoms with Crippen molar-refractivity contribution >= 4 is 27.6 Å². The molecular formula is C9H9N3OS. The van der Waals surface area contributed by atoms with Gasteiger partial charge in [-0.15, -0.1) is 11.3 Å². The molecule has 2 amide bonds. The Morgan fingerprint density at radius 1 is 1.50 bits per heavy atom. The summed E-state index contributed by atoms with van der Waals surface area (Å²) in [6.45, 7) is 0.398. The molecule has 0 radical (unpaired) electrons. The molecular weight excluding hydrogens is 198 g/mol. The van der Waals surface area contributed by atoms with Crippen LogP contribution in [0.25, 0.3) is 10.2 Å². The summed E-state index contributed by atoms with van der Waals surface area (Å²) in [6, 6.07) is 7.32. The molecule has 14 heavy (non-hydrogen) atoms. The van der Waals surface area contributed by atoms with E-state index in [1.54, 1.807) is 11.3 Å². The quantitative estimate of drug-likeness (QED) is 0.782. The third-order valence-corrected chi connectivity index (χ3v) is 2.79. The molecule has 0 unspecified atom stereocenters. The summed E-state index contributed by atoms with van der Waals surface area (Å²) in [5.41, 5.74) is 5.92. The normalized spacial score (nSPS) is 10.3. The van der Waals surface area contributed by atoms with Crippen LogP contribution in [0, 0.1) is 0 Å². The van der Waals surface area contributed by atoms with Crippen molar-refractivity contribution in [3.63, 3.8) is 0 Å². The van der Waals surface area contributed by atoms with E-state index in [4.69, 9.17) is 5.73 Å². The predicted molar refractivity (Wildman–Crippen MR) is 56.0 cm³/mol. The van der Waals surface area contributed by atoms with Crippen LogP contribution in [0.5, 0.6) is 0 Å². The lowest BCUT2D eigenvalue weighted by Crippen LogP contribution is -2.28. The van der Waals surface area contributed by atoms with Gasteiger partial charge in [0.2, 0.25) is 0 Å². The highest BCUT2D eigenvalue weighted by molar-refractivity contribution is 7.18. The number of fused-ring (bicyclic) bond motifs is 1. The van der Waals surface area contributed by atoms with Crippen LogP contribution < -0.4 is 11.1 Å². The highest BCUT2D eigenvalue weighted by atomic mass is 32.1. The minimum atomic E-state index is -0.524. The molecule has 3 N–H and O–H groups in total. The van der Waals surface area contributed by atoms with Crippen molar-refractivity contribution in [3.05, 3.63) is 29.3 Å². The Kier molecular flexibility index (Phi) is 2.32. The molecule has 2 rings (SSSR count). The smallest absolute Gasteiger partial charge is 0.312 e. The second-order valence-electron chi connectivity index (χ2n) is 2.79. The summed E-state index contributed by atoms with van der Waals surface area (Å²) in [5.74, 6) is 0. The van der Waals surface area contributed by atoms with Crippen molar-refractivity contribution in [2.24, 2.45) is 5.73 Å². The number of urea groups is 1. The Morgan fingerprint density at radius 3 is 3.00 bits per heavy atom. The molecule has 1 aromatic carbocycles. The number of benzene rings is 1. The Bertz CT molecular complexity index is 433. The molecule has 0 spiro atoms. The summed E-state index contributed by atoms with van der Waals surface area (Å²) in [5, 5.41) is 3.38. The summed E-state index contributed by atoms with van der Waals surface area (Å²) in [6.07, 6.45) is 0. The molecule has 0 aliphatic carbocycles. The van der Waals surface area contributed by atoms with Crippen molar-refractivity contribution in [2.45, 2.75) is 6.54 Å². The summed E-state index contributed by atoms with van der Waals surface area (Å²) in [7, 11) is 0. The van der Waals surface area contributed by atoms with Crippen LogP contribution in [0.2, 0.25) is 0 Å². The predicted octanol–water partition coefficient (Wildman–Crippen LogP) is 1.46. The number of hydrogen-bond donors (Lipinski definition) is 2. The molecule has 4 nitrogen and oxygen atoms in total. The van der Waals surface area contributed by atoms with E-state index in [0.717, 1.165) is 15.2 Å². The van der Waals surface area contributed by atoms with E-state index >= 15 is 0 Å². The minimum Gasteiger partial charge on any atom is -0.352 e. The van der Waals surface area contributed by atoms with E-state index in [1.165, 1.54) is 0 Å².